The van der Waals surface area contributed by atoms with Crippen LogP contribution in [0.1, 0.15) is 5.56 Å². The number of alkyl halides is 6. The van der Waals surface area contributed by atoms with E-state index in [0.29, 0.717) is 6.54 Å². The second-order valence-electron chi connectivity index (χ2n) is 4.44. The number of carbonyl (C=O) groups is 2. The Bertz CT molecular complexity index is 699. The van der Waals surface area contributed by atoms with Crippen LogP contribution in [0.2, 0.25) is 0 Å². The third-order valence-electron chi connectivity index (χ3n) is 2.68. The topological polar surface area (TPSA) is 78.0 Å². The van der Waals surface area contributed by atoms with Gasteiger partial charge in [-0.15, -0.1) is 0 Å². The summed E-state index contributed by atoms with van der Waals surface area (Å²) in [6.45, 7) is 0.538. The summed E-state index contributed by atoms with van der Waals surface area (Å²) in [5.41, 5.74) is 7.77. The van der Waals surface area contributed by atoms with Crippen molar-refractivity contribution < 1.29 is 35.9 Å². The Balaban J connectivity index is 0.000000252. The van der Waals surface area contributed by atoms with E-state index >= 15 is 0 Å². The van der Waals surface area contributed by atoms with Gasteiger partial charge in [0.15, 0.2) is 0 Å². The average Bonchev–Trinajstić information content (AvgIpc) is 3.06. The Morgan fingerprint density at radius 1 is 0.960 bits per heavy atom. The zero-order valence-corrected chi connectivity index (χ0v) is 12.3. The van der Waals surface area contributed by atoms with Gasteiger partial charge in [-0.1, -0.05) is 18.2 Å². The molecule has 0 bridgehead atoms. The molecule has 5 nitrogen and oxygen atoms in total. The molecule has 0 radical (unpaired) electrons. The zero-order chi connectivity index (χ0) is 19.3. The first-order valence-corrected chi connectivity index (χ1v) is 6.49. The van der Waals surface area contributed by atoms with Crippen molar-refractivity contribution >= 4 is 11.6 Å². The molecule has 136 valence electrons. The van der Waals surface area contributed by atoms with E-state index in [-0.39, 0.29) is 0 Å². The van der Waals surface area contributed by atoms with Crippen LogP contribution in [0.4, 0.5) is 26.3 Å². The molecule has 0 fully saturated rings. The van der Waals surface area contributed by atoms with E-state index in [0.717, 1.165) is 11.3 Å². The highest BCUT2D eigenvalue weighted by Crippen LogP contribution is 2.24. The van der Waals surface area contributed by atoms with Crippen LogP contribution < -0.4 is 5.73 Å². The Kier molecular flexibility index (Phi) is 6.45. The summed E-state index contributed by atoms with van der Waals surface area (Å²) in [6.07, 6.45) is -7.87. The molecule has 25 heavy (non-hydrogen) atoms. The fourth-order valence-corrected chi connectivity index (χ4v) is 1.58. The van der Waals surface area contributed by atoms with Crippen molar-refractivity contribution in [2.24, 2.45) is 5.73 Å². The molecule has 2 N–H and O–H groups in total. The normalized spacial score (nSPS) is 11.5. The third-order valence-corrected chi connectivity index (χ3v) is 2.68. The molecule has 0 atom stereocenters. The van der Waals surface area contributed by atoms with Crippen LogP contribution in [0.5, 0.6) is 0 Å². The van der Waals surface area contributed by atoms with Gasteiger partial charge in [0.25, 0.3) is 0 Å². The number of ketones is 2. The van der Waals surface area contributed by atoms with Crippen molar-refractivity contribution in [1.29, 1.82) is 0 Å². The van der Waals surface area contributed by atoms with Gasteiger partial charge in [0.1, 0.15) is 0 Å². The SMILES string of the molecule is NCc1ccccc1-n1cccn1.O=C(C(=O)C(F)(F)F)C(F)(F)F. The Morgan fingerprint density at radius 3 is 1.88 bits per heavy atom. The number of benzene rings is 1. The Hall–Kier alpha value is -2.69. The first kappa shape index (κ1) is 20.4. The molecular weight excluding hydrogens is 356 g/mol. The van der Waals surface area contributed by atoms with Gasteiger partial charge < -0.3 is 5.73 Å². The highest BCUT2D eigenvalue weighted by Gasteiger charge is 2.54. The van der Waals surface area contributed by atoms with Crippen molar-refractivity contribution in [3.8, 4) is 5.69 Å². The monoisotopic (exact) mass is 367 g/mol. The molecular formula is C14H11F6N3O2. The van der Waals surface area contributed by atoms with Gasteiger partial charge in [-0.05, 0) is 17.7 Å². The van der Waals surface area contributed by atoms with Crippen LogP contribution in [-0.2, 0) is 16.1 Å². The van der Waals surface area contributed by atoms with E-state index in [2.05, 4.69) is 5.10 Å². The van der Waals surface area contributed by atoms with E-state index in [1.807, 2.05) is 41.2 Å². The fraction of sp³-hybridized carbons (Fsp3) is 0.214. The standard InChI is InChI=1S/C10H11N3.C4F6O2/c11-8-9-4-1-2-5-10(9)13-7-3-6-12-13;5-3(6,7)1(11)2(12)4(8,9)10/h1-7H,8,11H2;. The van der Waals surface area contributed by atoms with Crippen LogP contribution in [0.25, 0.3) is 5.69 Å². The summed E-state index contributed by atoms with van der Waals surface area (Å²) in [5.74, 6) is -6.81. The smallest absolute Gasteiger partial charge is 0.326 e. The molecule has 1 aromatic carbocycles. The molecule has 0 amide bonds. The minimum Gasteiger partial charge on any atom is -0.326 e. The minimum absolute atomic E-state index is 0.538. The highest BCUT2D eigenvalue weighted by atomic mass is 19.4. The van der Waals surface area contributed by atoms with Crippen LogP contribution in [0.3, 0.4) is 0 Å². The summed E-state index contributed by atoms with van der Waals surface area (Å²) in [4.78, 5) is 19.2. The quantitative estimate of drug-likeness (QED) is 0.668. The van der Waals surface area contributed by atoms with Gasteiger partial charge in [0.2, 0.25) is 0 Å². The van der Waals surface area contributed by atoms with Crippen LogP contribution in [0, 0.1) is 0 Å². The van der Waals surface area contributed by atoms with E-state index < -0.39 is 23.9 Å². The molecule has 0 aliphatic heterocycles. The summed E-state index contributed by atoms with van der Waals surface area (Å²) >= 11 is 0. The Labute approximate surface area is 137 Å². The van der Waals surface area contributed by atoms with Crippen molar-refractivity contribution in [1.82, 2.24) is 9.78 Å². The molecule has 11 heteroatoms. The second kappa shape index (κ2) is 7.92. The lowest BCUT2D eigenvalue weighted by atomic mass is 10.2. The summed E-state index contributed by atoms with van der Waals surface area (Å²) < 4.78 is 68.8. The van der Waals surface area contributed by atoms with E-state index in [1.54, 1.807) is 6.20 Å². The maximum atomic E-state index is 11.2. The van der Waals surface area contributed by atoms with Crippen molar-refractivity contribution in [2.75, 3.05) is 0 Å². The van der Waals surface area contributed by atoms with Crippen molar-refractivity contribution in [2.45, 2.75) is 18.9 Å². The number of para-hydroxylation sites is 1. The van der Waals surface area contributed by atoms with Gasteiger partial charge in [-0.2, -0.15) is 31.4 Å². The van der Waals surface area contributed by atoms with E-state index in [1.165, 1.54) is 0 Å². The number of carbonyl (C=O) groups excluding carboxylic acids is 2. The van der Waals surface area contributed by atoms with E-state index in [9.17, 15) is 35.9 Å². The Morgan fingerprint density at radius 2 is 1.48 bits per heavy atom. The molecule has 0 saturated carbocycles. The lowest BCUT2D eigenvalue weighted by Gasteiger charge is -2.06. The maximum Gasteiger partial charge on any atom is 0.458 e. The summed E-state index contributed by atoms with van der Waals surface area (Å²) in [6, 6.07) is 9.88. The van der Waals surface area contributed by atoms with Gasteiger partial charge in [0.05, 0.1) is 5.69 Å². The molecule has 1 heterocycles. The molecule has 2 rings (SSSR count). The summed E-state index contributed by atoms with van der Waals surface area (Å²) in [7, 11) is 0. The molecule has 0 aliphatic carbocycles. The second-order valence-corrected chi connectivity index (χ2v) is 4.44. The predicted molar refractivity (Wildman–Crippen MR) is 73.6 cm³/mol. The molecule has 2 aromatic rings. The lowest BCUT2D eigenvalue weighted by molar-refractivity contribution is -0.193. The maximum absolute atomic E-state index is 11.2. The van der Waals surface area contributed by atoms with Crippen LogP contribution in [-0.4, -0.2) is 33.7 Å². The zero-order valence-electron chi connectivity index (χ0n) is 12.3. The minimum atomic E-state index is -5.77. The number of nitrogens with two attached hydrogens (primary N) is 1. The number of halogens is 6. The molecule has 1 aromatic heterocycles. The number of Topliss-reactive ketones (excluding diaryl/α,β-unsaturated/α-hetero) is 2. The van der Waals surface area contributed by atoms with Crippen LogP contribution in [0.15, 0.2) is 42.7 Å². The number of hydrogen-bond donors (Lipinski definition) is 1. The first-order valence-electron chi connectivity index (χ1n) is 6.49. The van der Waals surface area contributed by atoms with Gasteiger partial charge in [0, 0.05) is 18.9 Å². The average molecular weight is 367 g/mol. The van der Waals surface area contributed by atoms with Gasteiger partial charge >= 0.3 is 23.9 Å². The lowest BCUT2D eigenvalue weighted by Crippen LogP contribution is -2.39. The van der Waals surface area contributed by atoms with Crippen molar-refractivity contribution in [3.63, 3.8) is 0 Å². The molecule has 0 spiro atoms. The number of rotatable bonds is 3. The predicted octanol–water partition coefficient (Wildman–Crippen LogP) is 2.58. The van der Waals surface area contributed by atoms with Crippen molar-refractivity contribution in [3.05, 3.63) is 48.3 Å². The third kappa shape index (κ3) is 5.71. The van der Waals surface area contributed by atoms with Crippen LogP contribution >= 0.6 is 0 Å². The first-order chi connectivity index (χ1) is 11.5. The molecule has 0 saturated heterocycles. The molecule has 0 aliphatic rings. The van der Waals surface area contributed by atoms with E-state index in [4.69, 9.17) is 5.73 Å². The fourth-order valence-electron chi connectivity index (χ4n) is 1.58. The molecule has 0 unspecified atom stereocenters. The number of aromatic nitrogens is 2. The summed E-state index contributed by atoms with van der Waals surface area (Å²) in [5, 5.41) is 4.16. The number of nitrogens with zero attached hydrogens (tertiary/aromatic N) is 2. The number of hydrogen-bond acceptors (Lipinski definition) is 4. The van der Waals surface area contributed by atoms with Gasteiger partial charge in [-0.3, -0.25) is 9.59 Å². The largest absolute Gasteiger partial charge is 0.458 e. The van der Waals surface area contributed by atoms with Gasteiger partial charge in [-0.25, -0.2) is 4.68 Å². The highest BCUT2D eigenvalue weighted by molar-refractivity contribution is 6.41.